The third-order valence-electron chi connectivity index (χ3n) is 2.49. The molecule has 1 aromatic carbocycles. The minimum atomic E-state index is -0.712. The van der Waals surface area contributed by atoms with Crippen LogP contribution >= 0.6 is 15.9 Å². The number of benzene rings is 1. The average Bonchev–Trinajstić information content (AvgIpc) is 2.42. The molecule has 0 aliphatic rings. The number of hydrogen-bond donors (Lipinski definition) is 1. The maximum absolute atomic E-state index is 12.0. The Hall–Kier alpha value is -1.40. The molecule has 1 rings (SSSR count). The van der Waals surface area contributed by atoms with E-state index in [1.54, 1.807) is 18.2 Å². The summed E-state index contributed by atoms with van der Waals surface area (Å²) in [5, 5.41) is 2.63. The summed E-state index contributed by atoms with van der Waals surface area (Å²) in [5.74, 6) is -0.812. The Bertz CT molecular complexity index is 450. The molecule has 0 fully saturated rings. The maximum atomic E-state index is 12.0. The first-order valence-corrected chi connectivity index (χ1v) is 6.51. The van der Waals surface area contributed by atoms with Gasteiger partial charge in [-0.15, -0.1) is 0 Å². The van der Waals surface area contributed by atoms with Crippen LogP contribution in [-0.4, -0.2) is 38.7 Å². The van der Waals surface area contributed by atoms with Crippen LogP contribution in [0.25, 0.3) is 0 Å². The van der Waals surface area contributed by atoms with Crippen molar-refractivity contribution in [2.75, 3.05) is 20.8 Å². The zero-order valence-corrected chi connectivity index (χ0v) is 12.4. The van der Waals surface area contributed by atoms with Gasteiger partial charge >= 0.3 is 5.97 Å². The summed E-state index contributed by atoms with van der Waals surface area (Å²) >= 11 is 3.29. The lowest BCUT2D eigenvalue weighted by atomic mass is 10.1. The third kappa shape index (κ3) is 5.00. The topological polar surface area (TPSA) is 64.6 Å². The lowest BCUT2D eigenvalue weighted by molar-refractivity contribution is -0.143. The molecule has 6 heteroatoms. The van der Waals surface area contributed by atoms with Crippen LogP contribution < -0.4 is 5.32 Å². The second-order valence-corrected chi connectivity index (χ2v) is 4.76. The highest BCUT2D eigenvalue weighted by molar-refractivity contribution is 9.10. The monoisotopic (exact) mass is 329 g/mol. The smallest absolute Gasteiger partial charge is 0.328 e. The van der Waals surface area contributed by atoms with Crippen LogP contribution in [0.1, 0.15) is 16.8 Å². The van der Waals surface area contributed by atoms with Crippen molar-refractivity contribution >= 4 is 27.8 Å². The van der Waals surface area contributed by atoms with Crippen molar-refractivity contribution in [2.45, 2.75) is 12.5 Å². The summed E-state index contributed by atoms with van der Waals surface area (Å²) in [6.45, 7) is 0.360. The van der Waals surface area contributed by atoms with Gasteiger partial charge in [0, 0.05) is 30.2 Å². The predicted molar refractivity (Wildman–Crippen MR) is 73.9 cm³/mol. The van der Waals surface area contributed by atoms with Gasteiger partial charge in [-0.1, -0.05) is 22.0 Å². The SMILES string of the molecule is COCC[C@H](NC(=O)c1cccc(Br)c1)C(=O)OC. The first-order chi connectivity index (χ1) is 9.08. The molecule has 0 unspecified atom stereocenters. The number of carbonyl (C=O) groups excluding carboxylic acids is 2. The molecule has 0 saturated carbocycles. The molecular weight excluding hydrogens is 314 g/mol. The van der Waals surface area contributed by atoms with Crippen LogP contribution in [0.2, 0.25) is 0 Å². The second-order valence-electron chi connectivity index (χ2n) is 3.84. The van der Waals surface area contributed by atoms with Crippen molar-refractivity contribution in [3.63, 3.8) is 0 Å². The van der Waals surface area contributed by atoms with Crippen molar-refractivity contribution in [1.82, 2.24) is 5.32 Å². The van der Waals surface area contributed by atoms with E-state index in [1.807, 2.05) is 6.07 Å². The molecule has 0 saturated heterocycles. The molecule has 1 atom stereocenters. The maximum Gasteiger partial charge on any atom is 0.328 e. The Labute approximate surface area is 120 Å². The van der Waals surface area contributed by atoms with Crippen LogP contribution in [0.3, 0.4) is 0 Å². The lowest BCUT2D eigenvalue weighted by Gasteiger charge is -2.16. The van der Waals surface area contributed by atoms with Gasteiger partial charge in [0.15, 0.2) is 0 Å². The molecule has 104 valence electrons. The molecule has 1 amide bonds. The van der Waals surface area contributed by atoms with E-state index < -0.39 is 12.0 Å². The van der Waals surface area contributed by atoms with Gasteiger partial charge < -0.3 is 14.8 Å². The van der Waals surface area contributed by atoms with Gasteiger partial charge in [0.2, 0.25) is 0 Å². The van der Waals surface area contributed by atoms with Crippen molar-refractivity contribution in [3.05, 3.63) is 34.3 Å². The quantitative estimate of drug-likeness (QED) is 0.807. The van der Waals surface area contributed by atoms with Gasteiger partial charge in [-0.25, -0.2) is 4.79 Å². The van der Waals surface area contributed by atoms with Crippen LogP contribution in [0.4, 0.5) is 0 Å². The van der Waals surface area contributed by atoms with E-state index in [1.165, 1.54) is 14.2 Å². The van der Waals surface area contributed by atoms with Crippen molar-refractivity contribution in [1.29, 1.82) is 0 Å². The van der Waals surface area contributed by atoms with Gasteiger partial charge in [-0.3, -0.25) is 4.79 Å². The number of methoxy groups -OCH3 is 2. The van der Waals surface area contributed by atoms with Crippen LogP contribution in [-0.2, 0) is 14.3 Å². The summed E-state index contributed by atoms with van der Waals surface area (Å²) in [7, 11) is 2.82. The molecule has 19 heavy (non-hydrogen) atoms. The number of carbonyl (C=O) groups is 2. The second kappa shape index (κ2) is 7.91. The highest BCUT2D eigenvalue weighted by Gasteiger charge is 2.21. The first kappa shape index (κ1) is 15.7. The molecule has 0 aliphatic carbocycles. The predicted octanol–water partition coefficient (Wildman–Crippen LogP) is 1.76. The molecule has 0 aromatic heterocycles. The van der Waals surface area contributed by atoms with Gasteiger partial charge in [-0.2, -0.15) is 0 Å². The summed E-state index contributed by atoms with van der Waals surface area (Å²) < 4.78 is 10.4. The minimum Gasteiger partial charge on any atom is -0.467 e. The molecule has 1 aromatic rings. The average molecular weight is 330 g/mol. The fourth-order valence-corrected chi connectivity index (χ4v) is 1.90. The van der Waals surface area contributed by atoms with Crippen LogP contribution in [0, 0.1) is 0 Å². The molecule has 0 heterocycles. The summed E-state index contributed by atoms with van der Waals surface area (Å²) in [6, 6.07) is 6.21. The van der Waals surface area contributed by atoms with Crippen molar-refractivity contribution in [2.24, 2.45) is 0 Å². The molecule has 0 bridgehead atoms. The number of hydrogen-bond acceptors (Lipinski definition) is 4. The fraction of sp³-hybridized carbons (Fsp3) is 0.385. The van der Waals surface area contributed by atoms with Gasteiger partial charge in [0.25, 0.3) is 5.91 Å². The van der Waals surface area contributed by atoms with E-state index in [4.69, 9.17) is 4.74 Å². The molecule has 5 nitrogen and oxygen atoms in total. The van der Waals surface area contributed by atoms with E-state index >= 15 is 0 Å². The first-order valence-electron chi connectivity index (χ1n) is 5.71. The number of esters is 1. The summed E-state index contributed by atoms with van der Waals surface area (Å²) in [5.41, 5.74) is 0.473. The van der Waals surface area contributed by atoms with E-state index in [-0.39, 0.29) is 5.91 Å². The van der Waals surface area contributed by atoms with Crippen molar-refractivity contribution < 1.29 is 19.1 Å². The van der Waals surface area contributed by atoms with Crippen molar-refractivity contribution in [3.8, 4) is 0 Å². The van der Waals surface area contributed by atoms with E-state index in [0.29, 0.717) is 18.6 Å². The van der Waals surface area contributed by atoms with Crippen LogP contribution in [0.5, 0.6) is 0 Å². The number of amides is 1. The van der Waals surface area contributed by atoms with E-state index in [0.717, 1.165) is 4.47 Å². The Morgan fingerprint density at radius 3 is 2.68 bits per heavy atom. The summed E-state index contributed by atoms with van der Waals surface area (Å²) in [6.07, 6.45) is 0.364. The third-order valence-corrected chi connectivity index (χ3v) is 2.98. The molecule has 0 radical (unpaired) electrons. The Balaban J connectivity index is 2.72. The molecule has 0 spiro atoms. The van der Waals surface area contributed by atoms with E-state index in [2.05, 4.69) is 26.0 Å². The van der Waals surface area contributed by atoms with Gasteiger partial charge in [0.1, 0.15) is 6.04 Å². The zero-order valence-electron chi connectivity index (χ0n) is 10.8. The van der Waals surface area contributed by atoms with Gasteiger partial charge in [-0.05, 0) is 18.2 Å². The standard InChI is InChI=1S/C13H16BrNO4/c1-18-7-6-11(13(17)19-2)15-12(16)9-4-3-5-10(14)8-9/h3-5,8,11H,6-7H2,1-2H3,(H,15,16)/t11-/m0/s1. The molecule has 1 N–H and O–H groups in total. The Kier molecular flexibility index (Phi) is 6.52. The highest BCUT2D eigenvalue weighted by Crippen LogP contribution is 2.12. The highest BCUT2D eigenvalue weighted by atomic mass is 79.9. The minimum absolute atomic E-state index is 0.326. The number of ether oxygens (including phenoxy) is 2. The van der Waals surface area contributed by atoms with Crippen LogP contribution in [0.15, 0.2) is 28.7 Å². The number of nitrogens with one attached hydrogen (secondary N) is 1. The number of halogens is 1. The normalized spacial score (nSPS) is 11.7. The molecular formula is C13H16BrNO4. The lowest BCUT2D eigenvalue weighted by Crippen LogP contribution is -2.42. The Morgan fingerprint density at radius 2 is 2.11 bits per heavy atom. The van der Waals surface area contributed by atoms with Gasteiger partial charge in [0.05, 0.1) is 7.11 Å². The molecule has 0 aliphatic heterocycles. The number of rotatable bonds is 6. The zero-order chi connectivity index (χ0) is 14.3. The van der Waals surface area contributed by atoms with E-state index in [9.17, 15) is 9.59 Å². The largest absolute Gasteiger partial charge is 0.467 e. The summed E-state index contributed by atoms with van der Waals surface area (Å²) in [4.78, 5) is 23.6. The Morgan fingerprint density at radius 1 is 1.37 bits per heavy atom. The fourth-order valence-electron chi connectivity index (χ4n) is 1.50.